The van der Waals surface area contributed by atoms with Crippen molar-refractivity contribution >= 4 is 50.9 Å². The highest BCUT2D eigenvalue weighted by Crippen LogP contribution is 2.36. The number of benzene rings is 3. The van der Waals surface area contributed by atoms with Crippen LogP contribution < -0.4 is 10.1 Å². The van der Waals surface area contributed by atoms with Crippen LogP contribution in [0.25, 0.3) is 6.08 Å². The standard InChI is InChI=1S/C23H14BrClFN3O4/c24-18-10-15(9-16(12-27)23(30)28-21-4-2-1-3-20(21)26)11-19(25)22(18)33-13-14-5-7-17(8-6-14)29(31)32/h1-11H,13H2,(H,28,30)/b16-9-. The largest absolute Gasteiger partial charge is 0.486 e. The summed E-state index contributed by atoms with van der Waals surface area (Å²) < 4.78 is 20.0. The van der Waals surface area contributed by atoms with Gasteiger partial charge in [0.25, 0.3) is 11.6 Å². The molecule has 7 nitrogen and oxygen atoms in total. The lowest BCUT2D eigenvalue weighted by Gasteiger charge is -2.11. The third-order valence-electron chi connectivity index (χ3n) is 4.35. The number of halogens is 3. The SMILES string of the molecule is N#C/C(=C/c1cc(Cl)c(OCc2ccc([N+](=O)[O-])cc2)c(Br)c1)C(=O)Nc1ccccc1F. The molecule has 1 amide bonds. The molecule has 3 aromatic rings. The predicted molar refractivity (Wildman–Crippen MR) is 125 cm³/mol. The molecule has 0 heterocycles. The summed E-state index contributed by atoms with van der Waals surface area (Å²) in [6.07, 6.45) is 1.31. The zero-order chi connectivity index (χ0) is 24.0. The van der Waals surface area contributed by atoms with Crippen molar-refractivity contribution in [2.45, 2.75) is 6.61 Å². The van der Waals surface area contributed by atoms with Gasteiger partial charge >= 0.3 is 0 Å². The van der Waals surface area contributed by atoms with Crippen molar-refractivity contribution in [3.05, 3.63) is 103 Å². The molecule has 3 rings (SSSR count). The number of anilines is 1. The third-order valence-corrected chi connectivity index (χ3v) is 5.22. The summed E-state index contributed by atoms with van der Waals surface area (Å²) in [6.45, 7) is 0.111. The van der Waals surface area contributed by atoms with E-state index in [1.165, 1.54) is 42.5 Å². The number of rotatable bonds is 7. The summed E-state index contributed by atoms with van der Waals surface area (Å²) in [5, 5.41) is 22.7. The molecule has 0 fully saturated rings. The average Bonchev–Trinajstić information content (AvgIpc) is 2.78. The molecule has 0 atom stereocenters. The van der Waals surface area contributed by atoms with Crippen LogP contribution in [-0.4, -0.2) is 10.8 Å². The Balaban J connectivity index is 1.75. The highest BCUT2D eigenvalue weighted by molar-refractivity contribution is 9.10. The molecule has 0 saturated heterocycles. The Morgan fingerprint density at radius 2 is 1.94 bits per heavy atom. The van der Waals surface area contributed by atoms with Crippen molar-refractivity contribution in [3.63, 3.8) is 0 Å². The van der Waals surface area contributed by atoms with Gasteiger partial charge in [0.15, 0.2) is 5.75 Å². The summed E-state index contributed by atoms with van der Waals surface area (Å²) in [6, 6.07) is 16.4. The fourth-order valence-corrected chi connectivity index (χ4v) is 3.73. The molecule has 0 saturated carbocycles. The minimum atomic E-state index is -0.770. The lowest BCUT2D eigenvalue weighted by atomic mass is 10.1. The summed E-state index contributed by atoms with van der Waals surface area (Å²) in [5.74, 6) is -1.07. The van der Waals surface area contributed by atoms with Crippen LogP contribution in [0.1, 0.15) is 11.1 Å². The number of para-hydroxylation sites is 1. The average molecular weight is 531 g/mol. The van der Waals surface area contributed by atoms with E-state index >= 15 is 0 Å². The van der Waals surface area contributed by atoms with E-state index in [0.717, 1.165) is 0 Å². The fraction of sp³-hybridized carbons (Fsp3) is 0.0435. The number of nitriles is 1. The van der Waals surface area contributed by atoms with E-state index < -0.39 is 16.6 Å². The van der Waals surface area contributed by atoms with E-state index in [1.807, 2.05) is 0 Å². The third kappa shape index (κ3) is 6.16. The second kappa shape index (κ2) is 10.7. The van der Waals surface area contributed by atoms with E-state index in [-0.39, 0.29) is 28.6 Å². The normalized spacial score (nSPS) is 10.9. The molecular formula is C23H14BrClFN3O4. The lowest BCUT2D eigenvalue weighted by Crippen LogP contribution is -2.14. The van der Waals surface area contributed by atoms with Crippen molar-refractivity contribution in [1.29, 1.82) is 5.26 Å². The van der Waals surface area contributed by atoms with Crippen LogP contribution in [0.15, 0.2) is 70.7 Å². The van der Waals surface area contributed by atoms with Gasteiger partial charge in [0, 0.05) is 12.1 Å². The van der Waals surface area contributed by atoms with Gasteiger partial charge in [-0.2, -0.15) is 5.26 Å². The Morgan fingerprint density at radius 1 is 1.24 bits per heavy atom. The molecule has 0 aliphatic heterocycles. The molecule has 1 N–H and O–H groups in total. The van der Waals surface area contributed by atoms with Crippen LogP contribution in [-0.2, 0) is 11.4 Å². The molecule has 0 bridgehead atoms. The topological polar surface area (TPSA) is 105 Å². The minimum Gasteiger partial charge on any atom is -0.486 e. The monoisotopic (exact) mass is 529 g/mol. The van der Waals surface area contributed by atoms with Crippen LogP contribution in [0.3, 0.4) is 0 Å². The first-order valence-electron chi connectivity index (χ1n) is 9.31. The van der Waals surface area contributed by atoms with Crippen molar-refractivity contribution < 1.29 is 18.8 Å². The number of nitrogens with zero attached hydrogens (tertiary/aromatic N) is 2. The minimum absolute atomic E-state index is 0.0264. The van der Waals surface area contributed by atoms with Gasteiger partial charge in [-0.15, -0.1) is 0 Å². The van der Waals surface area contributed by atoms with Gasteiger partial charge in [-0.25, -0.2) is 4.39 Å². The molecule has 0 aliphatic carbocycles. The second-order valence-electron chi connectivity index (χ2n) is 6.63. The Labute approximate surface area is 201 Å². The molecule has 0 unspecified atom stereocenters. The number of nitrogens with one attached hydrogen (secondary N) is 1. The van der Waals surface area contributed by atoms with Gasteiger partial charge in [0.2, 0.25) is 0 Å². The summed E-state index contributed by atoms with van der Waals surface area (Å²) in [4.78, 5) is 22.6. The maximum absolute atomic E-state index is 13.8. The van der Waals surface area contributed by atoms with E-state index in [0.29, 0.717) is 21.3 Å². The van der Waals surface area contributed by atoms with Crippen molar-refractivity contribution in [3.8, 4) is 11.8 Å². The van der Waals surface area contributed by atoms with Crippen molar-refractivity contribution in [2.24, 2.45) is 0 Å². The number of ether oxygens (including phenoxy) is 1. The highest BCUT2D eigenvalue weighted by Gasteiger charge is 2.14. The number of carbonyl (C=O) groups is 1. The number of amides is 1. The Morgan fingerprint density at radius 3 is 2.55 bits per heavy atom. The first kappa shape index (κ1) is 23.9. The molecule has 33 heavy (non-hydrogen) atoms. The van der Waals surface area contributed by atoms with Crippen LogP contribution in [0, 0.1) is 27.3 Å². The molecule has 10 heteroatoms. The van der Waals surface area contributed by atoms with Crippen LogP contribution in [0.5, 0.6) is 5.75 Å². The predicted octanol–water partition coefficient (Wildman–Crippen LogP) is 6.27. The quantitative estimate of drug-likeness (QED) is 0.168. The molecule has 0 radical (unpaired) electrons. The van der Waals surface area contributed by atoms with Gasteiger partial charge in [-0.3, -0.25) is 14.9 Å². The van der Waals surface area contributed by atoms with Crippen LogP contribution in [0.2, 0.25) is 5.02 Å². The summed E-state index contributed by atoms with van der Waals surface area (Å²) in [7, 11) is 0. The maximum Gasteiger partial charge on any atom is 0.269 e. The number of nitro benzene ring substituents is 1. The lowest BCUT2D eigenvalue weighted by molar-refractivity contribution is -0.384. The van der Waals surface area contributed by atoms with Crippen molar-refractivity contribution in [1.82, 2.24) is 0 Å². The number of hydrogen-bond donors (Lipinski definition) is 1. The second-order valence-corrected chi connectivity index (χ2v) is 7.89. The zero-order valence-electron chi connectivity index (χ0n) is 16.7. The van der Waals surface area contributed by atoms with Crippen LogP contribution in [0.4, 0.5) is 15.8 Å². The smallest absolute Gasteiger partial charge is 0.269 e. The summed E-state index contributed by atoms with van der Waals surface area (Å²) in [5.41, 5.74) is 0.818. The Hall–Kier alpha value is -3.74. The molecule has 0 aliphatic rings. The Bertz CT molecular complexity index is 1270. The molecule has 3 aromatic carbocycles. The highest BCUT2D eigenvalue weighted by atomic mass is 79.9. The van der Waals surface area contributed by atoms with Gasteiger partial charge in [0.1, 0.15) is 24.1 Å². The first-order valence-corrected chi connectivity index (χ1v) is 10.5. The maximum atomic E-state index is 13.8. The van der Waals surface area contributed by atoms with E-state index in [2.05, 4.69) is 21.2 Å². The molecular weight excluding hydrogens is 517 g/mol. The van der Waals surface area contributed by atoms with Gasteiger partial charge in [-0.05, 0) is 69.5 Å². The molecule has 0 spiro atoms. The van der Waals surface area contributed by atoms with Gasteiger partial charge < -0.3 is 10.1 Å². The van der Waals surface area contributed by atoms with E-state index in [4.69, 9.17) is 16.3 Å². The zero-order valence-corrected chi connectivity index (χ0v) is 19.1. The van der Waals surface area contributed by atoms with E-state index in [1.54, 1.807) is 30.3 Å². The van der Waals surface area contributed by atoms with Crippen LogP contribution >= 0.6 is 27.5 Å². The van der Waals surface area contributed by atoms with E-state index in [9.17, 15) is 24.6 Å². The van der Waals surface area contributed by atoms with Gasteiger partial charge in [0.05, 0.1) is 20.1 Å². The number of carbonyl (C=O) groups excluding carboxylic acids is 1. The molecule has 0 aromatic heterocycles. The number of non-ortho nitro benzene ring substituents is 1. The van der Waals surface area contributed by atoms with Crippen molar-refractivity contribution in [2.75, 3.05) is 5.32 Å². The first-order chi connectivity index (χ1) is 15.8. The van der Waals surface area contributed by atoms with Gasteiger partial charge in [-0.1, -0.05) is 23.7 Å². The molecule has 166 valence electrons. The summed E-state index contributed by atoms with van der Waals surface area (Å²) >= 11 is 9.67. The fourth-order valence-electron chi connectivity index (χ4n) is 2.74. The Kier molecular flexibility index (Phi) is 7.77. The number of nitro groups is 1. The number of hydrogen-bond acceptors (Lipinski definition) is 5.